The van der Waals surface area contributed by atoms with Crippen LogP contribution in [0.2, 0.25) is 0 Å². The highest BCUT2D eigenvalue weighted by atomic mass is 79.9. The Labute approximate surface area is 175 Å². The number of benzene rings is 2. The van der Waals surface area contributed by atoms with Crippen molar-refractivity contribution >= 4 is 73.0 Å². The molecule has 0 bridgehead atoms. The fraction of sp³-hybridized carbons (Fsp3) is 0.250. The van der Waals surface area contributed by atoms with Crippen molar-refractivity contribution in [1.29, 1.82) is 0 Å². The molecule has 0 atom stereocenters. The van der Waals surface area contributed by atoms with Gasteiger partial charge in [0.1, 0.15) is 0 Å². The van der Waals surface area contributed by atoms with Crippen LogP contribution in [0.5, 0.6) is 0 Å². The Balaban J connectivity index is 0.000000399. The summed E-state index contributed by atoms with van der Waals surface area (Å²) in [6, 6.07) is 14.3. The van der Waals surface area contributed by atoms with Gasteiger partial charge in [-0.2, -0.15) is 0 Å². The molecule has 0 saturated carbocycles. The maximum absolute atomic E-state index is 8.78. The van der Waals surface area contributed by atoms with E-state index in [2.05, 4.69) is 47.8 Å². The average Bonchev–Trinajstić information content (AvgIpc) is 2.63. The molecule has 0 aromatic heterocycles. The van der Waals surface area contributed by atoms with E-state index in [1.165, 1.54) is 0 Å². The van der Waals surface area contributed by atoms with Crippen LogP contribution in [0.15, 0.2) is 48.5 Å². The molecule has 0 amide bonds. The van der Waals surface area contributed by atoms with Crippen LogP contribution in [0.4, 0.5) is 0 Å². The van der Waals surface area contributed by atoms with Gasteiger partial charge in [-0.05, 0) is 22.1 Å². The standard InChI is InChI=1S/2C7H8BBrO2.C2H5Br/c2*9-5-6-2-1-3-7(4-6)8(10)11;1-2-3/h2*1-4,10-11H,5H2;2H2,1H3. The number of halogens is 3. The Bertz CT molecular complexity index is 550. The zero-order chi connectivity index (χ0) is 19.2. The summed E-state index contributed by atoms with van der Waals surface area (Å²) in [7, 11) is -2.73. The second kappa shape index (κ2) is 15.0. The van der Waals surface area contributed by atoms with Crippen LogP contribution in [0.25, 0.3) is 0 Å². The SMILES string of the molecule is CCBr.OB(O)c1cccc(CBr)c1.OB(O)c1cccc(CBr)c1. The van der Waals surface area contributed by atoms with Gasteiger partial charge in [0.05, 0.1) is 0 Å². The normalized spacial score (nSPS) is 9.28. The summed E-state index contributed by atoms with van der Waals surface area (Å²) in [5.74, 6) is 0. The smallest absolute Gasteiger partial charge is 0.423 e. The highest BCUT2D eigenvalue weighted by molar-refractivity contribution is 9.09. The summed E-state index contributed by atoms with van der Waals surface area (Å²) in [5, 5.41) is 37.7. The van der Waals surface area contributed by atoms with Gasteiger partial charge in [-0.25, -0.2) is 0 Å². The zero-order valence-corrected chi connectivity index (χ0v) is 18.6. The van der Waals surface area contributed by atoms with Gasteiger partial charge in [0.25, 0.3) is 0 Å². The maximum atomic E-state index is 8.78. The number of hydrogen-bond acceptors (Lipinski definition) is 4. The molecule has 9 heteroatoms. The fourth-order valence-electron chi connectivity index (χ4n) is 1.67. The Morgan fingerprint density at radius 2 is 1.04 bits per heavy atom. The summed E-state index contributed by atoms with van der Waals surface area (Å²) in [6.45, 7) is 2.04. The van der Waals surface area contributed by atoms with Crippen LogP contribution in [-0.4, -0.2) is 39.7 Å². The lowest BCUT2D eigenvalue weighted by atomic mass is 9.80. The van der Waals surface area contributed by atoms with Crippen molar-refractivity contribution in [3.05, 3.63) is 59.7 Å². The third kappa shape index (κ3) is 11.2. The molecule has 0 aliphatic heterocycles. The Hall–Kier alpha value is -0.150. The van der Waals surface area contributed by atoms with Crippen molar-refractivity contribution in [3.8, 4) is 0 Å². The first kappa shape index (κ1) is 24.8. The van der Waals surface area contributed by atoms with E-state index in [9.17, 15) is 0 Å². The molecule has 136 valence electrons. The third-order valence-electron chi connectivity index (χ3n) is 2.81. The lowest BCUT2D eigenvalue weighted by molar-refractivity contribution is 0.424. The molecule has 25 heavy (non-hydrogen) atoms. The second-order valence-corrected chi connectivity index (χ2v) is 7.01. The molecule has 0 radical (unpaired) electrons. The first-order valence-corrected chi connectivity index (χ1v) is 10.8. The van der Waals surface area contributed by atoms with Gasteiger partial charge in [0.15, 0.2) is 0 Å². The predicted octanol–water partition coefficient (Wildman–Crippen LogP) is 1.92. The van der Waals surface area contributed by atoms with E-state index in [1.54, 1.807) is 36.4 Å². The second-order valence-electron chi connectivity index (χ2n) is 4.77. The van der Waals surface area contributed by atoms with E-state index in [0.29, 0.717) is 10.9 Å². The lowest BCUT2D eigenvalue weighted by Gasteiger charge is -2.00. The first-order chi connectivity index (χ1) is 11.9. The van der Waals surface area contributed by atoms with E-state index in [-0.39, 0.29) is 0 Å². The third-order valence-corrected chi connectivity index (χ3v) is 4.10. The van der Waals surface area contributed by atoms with Gasteiger partial charge >= 0.3 is 14.2 Å². The van der Waals surface area contributed by atoms with Crippen molar-refractivity contribution in [2.75, 3.05) is 5.33 Å². The van der Waals surface area contributed by atoms with E-state index in [0.717, 1.165) is 27.1 Å². The minimum Gasteiger partial charge on any atom is -0.423 e. The molecule has 0 saturated heterocycles. The predicted molar refractivity (Wildman–Crippen MR) is 117 cm³/mol. The highest BCUT2D eigenvalue weighted by Gasteiger charge is 2.10. The van der Waals surface area contributed by atoms with Gasteiger partial charge < -0.3 is 20.1 Å². The van der Waals surface area contributed by atoms with E-state index < -0.39 is 14.2 Å². The van der Waals surface area contributed by atoms with Crippen LogP contribution >= 0.6 is 47.8 Å². The summed E-state index contributed by atoms with van der Waals surface area (Å²) in [5.41, 5.74) is 3.13. The van der Waals surface area contributed by atoms with Crippen molar-refractivity contribution in [2.45, 2.75) is 17.6 Å². The number of rotatable bonds is 4. The molecule has 0 aliphatic carbocycles. The van der Waals surface area contributed by atoms with Gasteiger partial charge in [-0.1, -0.05) is 103 Å². The molecule has 0 unspecified atom stereocenters. The van der Waals surface area contributed by atoms with Crippen LogP contribution in [0, 0.1) is 0 Å². The minimum atomic E-state index is -1.37. The summed E-state index contributed by atoms with van der Waals surface area (Å²) in [6.07, 6.45) is 0. The quantitative estimate of drug-likeness (QED) is 0.354. The van der Waals surface area contributed by atoms with Gasteiger partial charge in [0.2, 0.25) is 0 Å². The van der Waals surface area contributed by atoms with Crippen LogP contribution < -0.4 is 10.9 Å². The zero-order valence-electron chi connectivity index (χ0n) is 13.8. The lowest BCUT2D eigenvalue weighted by Crippen LogP contribution is -2.29. The molecule has 0 heterocycles. The highest BCUT2D eigenvalue weighted by Crippen LogP contribution is 2.03. The fourth-order valence-corrected chi connectivity index (χ4v) is 2.37. The monoisotopic (exact) mass is 536 g/mol. The van der Waals surface area contributed by atoms with Gasteiger partial charge in [0, 0.05) is 16.0 Å². The molecule has 2 rings (SSSR count). The average molecular weight is 539 g/mol. The van der Waals surface area contributed by atoms with Crippen molar-refractivity contribution in [2.24, 2.45) is 0 Å². The maximum Gasteiger partial charge on any atom is 0.488 e. The van der Waals surface area contributed by atoms with Crippen LogP contribution in [-0.2, 0) is 10.7 Å². The number of alkyl halides is 3. The van der Waals surface area contributed by atoms with Crippen molar-refractivity contribution < 1.29 is 20.1 Å². The van der Waals surface area contributed by atoms with E-state index in [4.69, 9.17) is 20.1 Å². The van der Waals surface area contributed by atoms with E-state index in [1.807, 2.05) is 19.1 Å². The summed E-state index contributed by atoms with van der Waals surface area (Å²) >= 11 is 9.70. The number of hydrogen-bond donors (Lipinski definition) is 4. The minimum absolute atomic E-state index is 0.530. The molecular formula is C16H21B2Br3O4. The summed E-state index contributed by atoms with van der Waals surface area (Å²) in [4.78, 5) is 0. The Morgan fingerprint density at radius 3 is 1.28 bits per heavy atom. The van der Waals surface area contributed by atoms with Gasteiger partial charge in [-0.3, -0.25) is 0 Å². The topological polar surface area (TPSA) is 80.9 Å². The Morgan fingerprint density at radius 1 is 0.720 bits per heavy atom. The van der Waals surface area contributed by atoms with Gasteiger partial charge in [-0.15, -0.1) is 0 Å². The molecule has 4 N–H and O–H groups in total. The molecule has 2 aromatic rings. The van der Waals surface area contributed by atoms with Crippen LogP contribution in [0.1, 0.15) is 18.1 Å². The largest absolute Gasteiger partial charge is 0.488 e. The van der Waals surface area contributed by atoms with Crippen molar-refractivity contribution in [3.63, 3.8) is 0 Å². The molecule has 0 spiro atoms. The van der Waals surface area contributed by atoms with Crippen molar-refractivity contribution in [1.82, 2.24) is 0 Å². The molecule has 0 aliphatic rings. The van der Waals surface area contributed by atoms with Crippen LogP contribution in [0.3, 0.4) is 0 Å². The molecule has 4 nitrogen and oxygen atoms in total. The molecule has 0 fully saturated rings. The van der Waals surface area contributed by atoms with E-state index >= 15 is 0 Å². The summed E-state index contributed by atoms with van der Waals surface area (Å²) < 4.78 is 0. The molecular weight excluding hydrogens is 518 g/mol. The first-order valence-electron chi connectivity index (χ1n) is 7.47. The Kier molecular flexibility index (Phi) is 14.9. The molecule has 2 aromatic carbocycles.